The zero-order valence-electron chi connectivity index (χ0n) is 8.98. The molecule has 0 amide bonds. The average molecular weight is 228 g/mol. The molecule has 0 saturated heterocycles. The van der Waals surface area contributed by atoms with Crippen LogP contribution >= 0.6 is 0 Å². The highest BCUT2D eigenvalue weighted by atomic mass is 16.6. The van der Waals surface area contributed by atoms with Crippen LogP contribution in [0.2, 0.25) is 0 Å². The molecule has 6 nitrogen and oxygen atoms in total. The maximum atomic E-state index is 11.2. The molecule has 0 aliphatic carbocycles. The Balaban J connectivity index is 5.33. The Morgan fingerprint density at radius 1 is 1.38 bits per heavy atom. The molecule has 88 valence electrons. The van der Waals surface area contributed by atoms with Crippen LogP contribution in [0.5, 0.6) is 0 Å². The Morgan fingerprint density at radius 3 is 2.25 bits per heavy atom. The van der Waals surface area contributed by atoms with E-state index in [0.29, 0.717) is 0 Å². The van der Waals surface area contributed by atoms with Crippen LogP contribution in [-0.4, -0.2) is 30.1 Å². The van der Waals surface area contributed by atoms with E-state index >= 15 is 0 Å². The van der Waals surface area contributed by atoms with Crippen LogP contribution in [0.4, 0.5) is 0 Å². The molecule has 0 aromatic heterocycles. The fourth-order valence-electron chi connectivity index (χ4n) is 0.897. The summed E-state index contributed by atoms with van der Waals surface area (Å²) < 4.78 is 8.83. The molecule has 0 saturated carbocycles. The van der Waals surface area contributed by atoms with Crippen molar-refractivity contribution in [1.29, 1.82) is 0 Å². The van der Waals surface area contributed by atoms with E-state index in [9.17, 15) is 14.4 Å². The lowest BCUT2D eigenvalue weighted by atomic mass is 10.1. The highest BCUT2D eigenvalue weighted by Gasteiger charge is 2.23. The minimum Gasteiger partial charge on any atom is -0.475 e. The first-order valence-corrected chi connectivity index (χ1v) is 4.36. The highest BCUT2D eigenvalue weighted by Crippen LogP contribution is 2.13. The first-order valence-electron chi connectivity index (χ1n) is 4.36. The molecule has 0 radical (unpaired) electrons. The monoisotopic (exact) mass is 228 g/mol. The van der Waals surface area contributed by atoms with Gasteiger partial charge in [-0.3, -0.25) is 0 Å². The van der Waals surface area contributed by atoms with E-state index in [2.05, 4.69) is 16.1 Å². The van der Waals surface area contributed by atoms with Crippen LogP contribution in [0.3, 0.4) is 0 Å². The smallest absolute Gasteiger partial charge is 0.372 e. The molecule has 0 bridgehead atoms. The molecule has 0 spiro atoms. The third-order valence-electron chi connectivity index (χ3n) is 1.62. The zero-order valence-corrected chi connectivity index (χ0v) is 8.98. The summed E-state index contributed by atoms with van der Waals surface area (Å²) in [5, 5.41) is 8.79. The van der Waals surface area contributed by atoms with E-state index in [-0.39, 0.29) is 12.0 Å². The van der Waals surface area contributed by atoms with Crippen LogP contribution in [0, 0.1) is 0 Å². The predicted octanol–water partition coefficient (Wildman–Crippen LogP) is 0.637. The summed E-state index contributed by atoms with van der Waals surface area (Å²) in [5.74, 6) is -4.05. The van der Waals surface area contributed by atoms with Crippen molar-refractivity contribution in [2.24, 2.45) is 0 Å². The number of ether oxygens (including phenoxy) is 2. The van der Waals surface area contributed by atoms with Gasteiger partial charge in [0.15, 0.2) is 0 Å². The van der Waals surface area contributed by atoms with Gasteiger partial charge in [-0.2, -0.15) is 0 Å². The van der Waals surface area contributed by atoms with Crippen LogP contribution in [0.15, 0.2) is 24.0 Å². The second-order valence-electron chi connectivity index (χ2n) is 2.58. The van der Waals surface area contributed by atoms with Crippen LogP contribution < -0.4 is 0 Å². The largest absolute Gasteiger partial charge is 0.475 e. The van der Waals surface area contributed by atoms with Crippen molar-refractivity contribution in [3.8, 4) is 0 Å². The first kappa shape index (κ1) is 13.9. The normalized spacial score (nSPS) is 11.1. The van der Waals surface area contributed by atoms with Crippen LogP contribution in [0.25, 0.3) is 0 Å². The molecule has 0 unspecified atom stereocenters. The molecule has 0 aromatic rings. The molecule has 1 N–H and O–H groups in total. The van der Waals surface area contributed by atoms with Crippen molar-refractivity contribution >= 4 is 17.9 Å². The SMILES string of the molecule is C=CC(=O)O/C(C(=O)O)=C(\CC)C(=O)OC. The molecule has 0 atom stereocenters. The summed E-state index contributed by atoms with van der Waals surface area (Å²) >= 11 is 0. The van der Waals surface area contributed by atoms with Gasteiger partial charge in [0.1, 0.15) is 0 Å². The van der Waals surface area contributed by atoms with Crippen LogP contribution in [0.1, 0.15) is 13.3 Å². The maximum absolute atomic E-state index is 11.2. The predicted molar refractivity (Wildman–Crippen MR) is 53.3 cm³/mol. The zero-order chi connectivity index (χ0) is 12.7. The van der Waals surface area contributed by atoms with E-state index in [1.54, 1.807) is 0 Å². The van der Waals surface area contributed by atoms with E-state index in [1.165, 1.54) is 6.92 Å². The van der Waals surface area contributed by atoms with Crippen LogP contribution in [-0.2, 0) is 23.9 Å². The Hall–Kier alpha value is -2.11. The van der Waals surface area contributed by atoms with Crippen molar-refractivity contribution in [3.05, 3.63) is 24.0 Å². The molecular formula is C10H12O6. The molecular weight excluding hydrogens is 216 g/mol. The van der Waals surface area contributed by atoms with Gasteiger partial charge in [-0.15, -0.1) is 0 Å². The van der Waals surface area contributed by atoms with Gasteiger partial charge in [0.25, 0.3) is 0 Å². The Kier molecular flexibility index (Phi) is 5.55. The number of aliphatic carboxylic acids is 1. The number of hydrogen-bond donors (Lipinski definition) is 1. The van der Waals surface area contributed by atoms with Gasteiger partial charge in [0.05, 0.1) is 12.7 Å². The lowest BCUT2D eigenvalue weighted by molar-refractivity contribution is -0.146. The van der Waals surface area contributed by atoms with E-state index in [1.807, 2.05) is 0 Å². The number of carbonyl (C=O) groups is 3. The summed E-state index contributed by atoms with van der Waals surface area (Å²) in [6, 6.07) is 0. The number of esters is 2. The van der Waals surface area contributed by atoms with E-state index in [0.717, 1.165) is 13.2 Å². The molecule has 0 fully saturated rings. The summed E-state index contributed by atoms with van der Waals surface area (Å²) in [7, 11) is 1.10. The topological polar surface area (TPSA) is 89.9 Å². The number of carboxylic acid groups (broad SMARTS) is 1. The van der Waals surface area contributed by atoms with Crippen molar-refractivity contribution < 1.29 is 29.0 Å². The molecule has 0 heterocycles. The fraction of sp³-hybridized carbons (Fsp3) is 0.300. The van der Waals surface area contributed by atoms with Gasteiger partial charge in [-0.1, -0.05) is 13.5 Å². The van der Waals surface area contributed by atoms with Gasteiger partial charge in [-0.05, 0) is 6.42 Å². The molecule has 0 rings (SSSR count). The summed E-state index contributed by atoms with van der Waals surface area (Å²) in [6.45, 7) is 4.66. The van der Waals surface area contributed by atoms with Gasteiger partial charge in [-0.25, -0.2) is 14.4 Å². The standard InChI is InChI=1S/C10H12O6/c1-4-6(10(14)15-3)8(9(12)13)16-7(11)5-2/h5H,2,4H2,1,3H3,(H,12,13)/b8-6+. The summed E-state index contributed by atoms with van der Waals surface area (Å²) in [4.78, 5) is 32.9. The number of rotatable bonds is 5. The first-order chi connectivity index (χ1) is 7.47. The quantitative estimate of drug-likeness (QED) is 0.422. The number of carboxylic acids is 1. The van der Waals surface area contributed by atoms with Crippen molar-refractivity contribution in [1.82, 2.24) is 0 Å². The number of methoxy groups -OCH3 is 1. The minimum atomic E-state index is -1.52. The van der Waals surface area contributed by atoms with Gasteiger partial charge in [0.2, 0.25) is 5.76 Å². The average Bonchev–Trinajstić information content (AvgIpc) is 2.27. The Morgan fingerprint density at radius 2 is 1.94 bits per heavy atom. The molecule has 16 heavy (non-hydrogen) atoms. The third-order valence-corrected chi connectivity index (χ3v) is 1.62. The molecule has 6 heteroatoms. The maximum Gasteiger partial charge on any atom is 0.372 e. The minimum absolute atomic E-state index is 0.0682. The number of carbonyl (C=O) groups excluding carboxylic acids is 2. The van der Waals surface area contributed by atoms with Gasteiger partial charge < -0.3 is 14.6 Å². The lowest BCUT2D eigenvalue weighted by Crippen LogP contribution is -2.17. The van der Waals surface area contributed by atoms with Gasteiger partial charge >= 0.3 is 17.9 Å². The molecule has 0 aliphatic rings. The lowest BCUT2D eigenvalue weighted by Gasteiger charge is -2.07. The second-order valence-corrected chi connectivity index (χ2v) is 2.58. The Labute approximate surface area is 92.2 Å². The van der Waals surface area contributed by atoms with E-state index < -0.39 is 23.7 Å². The summed E-state index contributed by atoms with van der Waals surface area (Å²) in [5.41, 5.74) is -0.217. The van der Waals surface area contributed by atoms with Crippen molar-refractivity contribution in [3.63, 3.8) is 0 Å². The molecule has 0 aromatic carbocycles. The number of hydrogen-bond acceptors (Lipinski definition) is 5. The third kappa shape index (κ3) is 3.56. The van der Waals surface area contributed by atoms with Gasteiger partial charge in [0, 0.05) is 6.08 Å². The van der Waals surface area contributed by atoms with Crippen molar-refractivity contribution in [2.45, 2.75) is 13.3 Å². The second kappa shape index (κ2) is 6.39. The van der Waals surface area contributed by atoms with Crippen molar-refractivity contribution in [2.75, 3.05) is 7.11 Å². The summed E-state index contributed by atoms with van der Waals surface area (Å²) in [6.07, 6.45) is 0.867. The fourth-order valence-corrected chi connectivity index (χ4v) is 0.897. The molecule has 0 aliphatic heterocycles. The van der Waals surface area contributed by atoms with E-state index in [4.69, 9.17) is 5.11 Å². The highest BCUT2D eigenvalue weighted by molar-refractivity contribution is 6.00. The Bertz CT molecular complexity index is 352.